The van der Waals surface area contributed by atoms with E-state index in [2.05, 4.69) is 34.1 Å². The fourth-order valence-corrected chi connectivity index (χ4v) is 3.13. The third kappa shape index (κ3) is 3.07. The molecule has 1 unspecified atom stereocenters. The molecular formula is C16H19ClN2. The topological polar surface area (TPSA) is 16.1 Å². The van der Waals surface area contributed by atoms with Crippen LogP contribution >= 0.6 is 11.6 Å². The van der Waals surface area contributed by atoms with Gasteiger partial charge in [0.05, 0.1) is 5.52 Å². The van der Waals surface area contributed by atoms with E-state index < -0.39 is 0 Å². The molecule has 2 aromatic rings. The van der Waals surface area contributed by atoms with E-state index in [1.807, 2.05) is 12.3 Å². The van der Waals surface area contributed by atoms with Crippen LogP contribution in [0.3, 0.4) is 0 Å². The first kappa shape index (κ1) is 12.9. The summed E-state index contributed by atoms with van der Waals surface area (Å²) in [6, 6.07) is 10.5. The van der Waals surface area contributed by atoms with Gasteiger partial charge in [-0.05, 0) is 43.0 Å². The molecule has 1 aliphatic heterocycles. The van der Waals surface area contributed by atoms with E-state index in [1.54, 1.807) is 0 Å². The van der Waals surface area contributed by atoms with Gasteiger partial charge in [0.1, 0.15) is 0 Å². The maximum Gasteiger partial charge on any atom is 0.0702 e. The molecule has 0 radical (unpaired) electrons. The molecule has 0 bridgehead atoms. The first-order valence-electron chi connectivity index (χ1n) is 6.97. The standard InChI is InChI=1S/C16H19ClN2/c17-9-13-4-3-7-19(11-13)12-14-8-15-5-1-2-6-16(15)18-10-14/h1-2,5-6,8,10,13H,3-4,7,9,11-12H2. The predicted octanol–water partition coefficient (Wildman–Crippen LogP) is 3.69. The number of piperidine rings is 1. The minimum atomic E-state index is 0.656. The molecule has 1 fully saturated rings. The lowest BCUT2D eigenvalue weighted by Gasteiger charge is -2.31. The molecular weight excluding hydrogens is 256 g/mol. The van der Waals surface area contributed by atoms with E-state index in [0.29, 0.717) is 5.92 Å². The quantitative estimate of drug-likeness (QED) is 0.794. The molecule has 0 N–H and O–H groups in total. The number of alkyl halides is 1. The van der Waals surface area contributed by atoms with Crippen LogP contribution in [0, 0.1) is 5.92 Å². The zero-order valence-electron chi connectivity index (χ0n) is 11.1. The van der Waals surface area contributed by atoms with Crippen molar-refractivity contribution in [3.05, 3.63) is 42.1 Å². The maximum absolute atomic E-state index is 5.99. The highest BCUT2D eigenvalue weighted by Crippen LogP contribution is 2.20. The summed E-state index contributed by atoms with van der Waals surface area (Å²) in [4.78, 5) is 7.04. The number of para-hydroxylation sites is 1. The number of fused-ring (bicyclic) bond motifs is 1. The van der Waals surface area contributed by atoms with Gasteiger partial charge >= 0.3 is 0 Å². The van der Waals surface area contributed by atoms with Crippen LogP contribution in [0.1, 0.15) is 18.4 Å². The van der Waals surface area contributed by atoms with Gasteiger partial charge in [0, 0.05) is 30.6 Å². The molecule has 100 valence electrons. The molecule has 0 aliphatic carbocycles. The molecule has 1 aromatic carbocycles. The Morgan fingerprint density at radius 1 is 1.32 bits per heavy atom. The first-order chi connectivity index (χ1) is 9.35. The summed E-state index contributed by atoms with van der Waals surface area (Å²) in [6.07, 6.45) is 4.54. The molecule has 2 nitrogen and oxygen atoms in total. The van der Waals surface area contributed by atoms with E-state index >= 15 is 0 Å². The average Bonchev–Trinajstić information content (AvgIpc) is 2.47. The number of rotatable bonds is 3. The van der Waals surface area contributed by atoms with Crippen molar-refractivity contribution < 1.29 is 0 Å². The van der Waals surface area contributed by atoms with Gasteiger partial charge in [0.25, 0.3) is 0 Å². The Hall–Kier alpha value is -1.12. The number of benzene rings is 1. The van der Waals surface area contributed by atoms with Crippen molar-refractivity contribution in [2.24, 2.45) is 5.92 Å². The lowest BCUT2D eigenvalue weighted by molar-refractivity contribution is 0.178. The van der Waals surface area contributed by atoms with E-state index in [0.717, 1.165) is 24.5 Å². The molecule has 3 rings (SSSR count). The molecule has 19 heavy (non-hydrogen) atoms. The van der Waals surface area contributed by atoms with Crippen LogP contribution in [0.25, 0.3) is 10.9 Å². The fourth-order valence-electron chi connectivity index (χ4n) is 2.88. The van der Waals surface area contributed by atoms with Gasteiger partial charge in [-0.25, -0.2) is 0 Å². The van der Waals surface area contributed by atoms with Crippen molar-refractivity contribution in [1.82, 2.24) is 9.88 Å². The zero-order valence-corrected chi connectivity index (χ0v) is 11.8. The molecule has 1 saturated heterocycles. The van der Waals surface area contributed by atoms with E-state index in [9.17, 15) is 0 Å². The maximum atomic E-state index is 5.99. The Bertz CT molecular complexity index is 555. The molecule has 3 heteroatoms. The van der Waals surface area contributed by atoms with E-state index in [4.69, 9.17) is 11.6 Å². The average molecular weight is 275 g/mol. The van der Waals surface area contributed by atoms with Crippen LogP contribution in [0.2, 0.25) is 0 Å². The number of pyridine rings is 1. The van der Waals surface area contributed by atoms with E-state index in [-0.39, 0.29) is 0 Å². The minimum Gasteiger partial charge on any atom is -0.299 e. The summed E-state index contributed by atoms with van der Waals surface area (Å²) in [5, 5.41) is 1.23. The Morgan fingerprint density at radius 2 is 2.21 bits per heavy atom. The van der Waals surface area contributed by atoms with Gasteiger partial charge in [-0.2, -0.15) is 0 Å². The predicted molar refractivity (Wildman–Crippen MR) is 80.5 cm³/mol. The smallest absolute Gasteiger partial charge is 0.0702 e. The van der Waals surface area contributed by atoms with Crippen molar-refractivity contribution in [2.45, 2.75) is 19.4 Å². The third-order valence-corrected chi connectivity index (χ3v) is 4.31. The number of aromatic nitrogens is 1. The summed E-state index contributed by atoms with van der Waals surface area (Å²) in [5.74, 6) is 1.44. The van der Waals surface area contributed by atoms with Gasteiger partial charge in [-0.15, -0.1) is 11.6 Å². The van der Waals surface area contributed by atoms with Crippen LogP contribution in [-0.2, 0) is 6.54 Å². The third-order valence-electron chi connectivity index (χ3n) is 3.87. The molecule has 1 aliphatic rings. The van der Waals surface area contributed by atoms with Crippen LogP contribution in [-0.4, -0.2) is 28.9 Å². The van der Waals surface area contributed by atoms with Crippen molar-refractivity contribution in [1.29, 1.82) is 0 Å². The zero-order chi connectivity index (χ0) is 13.1. The highest BCUT2D eigenvalue weighted by atomic mass is 35.5. The second kappa shape index (κ2) is 5.89. The van der Waals surface area contributed by atoms with Crippen molar-refractivity contribution in [2.75, 3.05) is 19.0 Å². The lowest BCUT2D eigenvalue weighted by atomic mass is 9.99. The summed E-state index contributed by atoms with van der Waals surface area (Å²) in [6.45, 7) is 3.29. The van der Waals surface area contributed by atoms with Gasteiger partial charge in [-0.1, -0.05) is 18.2 Å². The Labute approximate surface area is 119 Å². The van der Waals surface area contributed by atoms with Gasteiger partial charge in [0.15, 0.2) is 0 Å². The minimum absolute atomic E-state index is 0.656. The molecule has 2 heterocycles. The van der Waals surface area contributed by atoms with Crippen LogP contribution in [0.4, 0.5) is 0 Å². The second-order valence-electron chi connectivity index (χ2n) is 5.43. The summed E-state index contributed by atoms with van der Waals surface area (Å²) in [5.41, 5.74) is 2.37. The molecule has 0 saturated carbocycles. The normalized spacial score (nSPS) is 20.8. The number of nitrogens with zero attached hydrogens (tertiary/aromatic N) is 2. The van der Waals surface area contributed by atoms with E-state index in [1.165, 1.54) is 30.3 Å². The number of halogens is 1. The van der Waals surface area contributed by atoms with Crippen molar-refractivity contribution in [3.8, 4) is 0 Å². The highest BCUT2D eigenvalue weighted by Gasteiger charge is 2.19. The van der Waals surface area contributed by atoms with Crippen LogP contribution in [0.5, 0.6) is 0 Å². The molecule has 0 spiro atoms. The largest absolute Gasteiger partial charge is 0.299 e. The monoisotopic (exact) mass is 274 g/mol. The Morgan fingerprint density at radius 3 is 3.11 bits per heavy atom. The fraction of sp³-hybridized carbons (Fsp3) is 0.438. The van der Waals surface area contributed by atoms with Crippen molar-refractivity contribution in [3.63, 3.8) is 0 Å². The van der Waals surface area contributed by atoms with Crippen molar-refractivity contribution >= 4 is 22.5 Å². The summed E-state index contributed by atoms with van der Waals surface area (Å²) >= 11 is 5.99. The lowest BCUT2D eigenvalue weighted by Crippen LogP contribution is -2.35. The number of hydrogen-bond donors (Lipinski definition) is 0. The first-order valence-corrected chi connectivity index (χ1v) is 7.50. The Kier molecular flexibility index (Phi) is 4.00. The second-order valence-corrected chi connectivity index (χ2v) is 5.74. The Balaban J connectivity index is 1.74. The highest BCUT2D eigenvalue weighted by molar-refractivity contribution is 6.18. The number of likely N-dealkylation sites (tertiary alicyclic amines) is 1. The van der Waals surface area contributed by atoms with Gasteiger partial charge in [0.2, 0.25) is 0 Å². The van der Waals surface area contributed by atoms with Crippen LogP contribution < -0.4 is 0 Å². The molecule has 0 amide bonds. The van der Waals surface area contributed by atoms with Crippen LogP contribution in [0.15, 0.2) is 36.5 Å². The summed E-state index contributed by atoms with van der Waals surface area (Å²) in [7, 11) is 0. The molecule has 1 aromatic heterocycles. The van der Waals surface area contributed by atoms with Gasteiger partial charge < -0.3 is 0 Å². The summed E-state index contributed by atoms with van der Waals surface area (Å²) < 4.78 is 0. The SMILES string of the molecule is ClCC1CCCN(Cc2cnc3ccccc3c2)C1. The molecule has 1 atom stereocenters. The number of hydrogen-bond acceptors (Lipinski definition) is 2. The van der Waals surface area contributed by atoms with Gasteiger partial charge in [-0.3, -0.25) is 9.88 Å².